The summed E-state index contributed by atoms with van der Waals surface area (Å²) < 4.78 is 8.94. The molecule has 7 aromatic carbocycles. The zero-order chi connectivity index (χ0) is 28.3. The Balaban J connectivity index is 1.25. The minimum atomic E-state index is 0.886. The topological polar surface area (TPSA) is 16.4 Å². The van der Waals surface area contributed by atoms with Crippen LogP contribution in [0.15, 0.2) is 156 Å². The Hall–Kier alpha value is -5.38. The molecule has 0 amide bonds. The summed E-state index contributed by atoms with van der Waals surface area (Å²) in [6.45, 7) is 0. The van der Waals surface area contributed by atoms with Crippen LogP contribution in [-0.2, 0) is 0 Å². The molecule has 0 aliphatic rings. The molecule has 2 aromatic heterocycles. The van der Waals surface area contributed by atoms with Gasteiger partial charge in [0.15, 0.2) is 0 Å². The lowest BCUT2D eigenvalue weighted by molar-refractivity contribution is 0.669. The Morgan fingerprint density at radius 3 is 2.05 bits per heavy atom. The number of rotatable bonds is 4. The van der Waals surface area contributed by atoms with Gasteiger partial charge >= 0.3 is 0 Å². The Bertz CT molecular complexity index is 2480. The molecule has 3 heteroatoms. The summed E-state index contributed by atoms with van der Waals surface area (Å²) in [7, 11) is 0. The van der Waals surface area contributed by atoms with Gasteiger partial charge in [0.25, 0.3) is 0 Å². The number of anilines is 3. The highest BCUT2D eigenvalue weighted by Crippen LogP contribution is 2.43. The molecule has 0 fully saturated rings. The van der Waals surface area contributed by atoms with E-state index in [-0.39, 0.29) is 0 Å². The Morgan fingerprint density at radius 1 is 0.395 bits per heavy atom. The first-order valence-electron chi connectivity index (χ1n) is 14.5. The van der Waals surface area contributed by atoms with Crippen molar-refractivity contribution in [3.8, 4) is 11.1 Å². The number of thiophene rings is 1. The van der Waals surface area contributed by atoms with Gasteiger partial charge < -0.3 is 9.32 Å². The van der Waals surface area contributed by atoms with Crippen LogP contribution in [0.4, 0.5) is 17.1 Å². The molecule has 0 atom stereocenters. The number of para-hydroxylation sites is 1. The minimum absolute atomic E-state index is 0.886. The van der Waals surface area contributed by atoms with E-state index >= 15 is 0 Å². The highest BCUT2D eigenvalue weighted by molar-refractivity contribution is 7.25. The molecule has 202 valence electrons. The van der Waals surface area contributed by atoms with Crippen molar-refractivity contribution >= 4 is 81.3 Å². The highest BCUT2D eigenvalue weighted by Gasteiger charge is 2.17. The summed E-state index contributed by atoms with van der Waals surface area (Å²) in [5, 5.41) is 7.33. The Labute approximate surface area is 252 Å². The number of fused-ring (bicyclic) bond motifs is 7. The van der Waals surface area contributed by atoms with Crippen LogP contribution in [0, 0.1) is 0 Å². The summed E-state index contributed by atoms with van der Waals surface area (Å²) in [4.78, 5) is 2.35. The molecule has 0 spiro atoms. The largest absolute Gasteiger partial charge is 0.456 e. The van der Waals surface area contributed by atoms with Gasteiger partial charge in [0, 0.05) is 54.1 Å². The van der Waals surface area contributed by atoms with Crippen LogP contribution in [0.25, 0.3) is 64.0 Å². The normalized spacial score (nSPS) is 11.7. The quantitative estimate of drug-likeness (QED) is 0.210. The Morgan fingerprint density at radius 2 is 1.09 bits per heavy atom. The van der Waals surface area contributed by atoms with Crippen molar-refractivity contribution in [1.82, 2.24) is 0 Å². The fraction of sp³-hybridized carbons (Fsp3) is 0. The van der Waals surface area contributed by atoms with Crippen molar-refractivity contribution in [3.05, 3.63) is 152 Å². The molecule has 0 aliphatic heterocycles. The summed E-state index contributed by atoms with van der Waals surface area (Å²) >= 11 is 1.85. The van der Waals surface area contributed by atoms with Crippen molar-refractivity contribution in [2.45, 2.75) is 0 Å². The summed E-state index contributed by atoms with van der Waals surface area (Å²) in [6, 6.07) is 54.4. The van der Waals surface area contributed by atoms with E-state index in [1.54, 1.807) is 0 Å². The van der Waals surface area contributed by atoms with Crippen molar-refractivity contribution in [2.24, 2.45) is 0 Å². The predicted octanol–water partition coefficient (Wildman–Crippen LogP) is 12.2. The van der Waals surface area contributed by atoms with E-state index in [2.05, 4.69) is 144 Å². The van der Waals surface area contributed by atoms with Crippen LogP contribution in [0.2, 0.25) is 0 Å². The molecule has 9 aromatic rings. The lowest BCUT2D eigenvalue weighted by Gasteiger charge is -2.26. The van der Waals surface area contributed by atoms with Gasteiger partial charge in [0.1, 0.15) is 11.2 Å². The van der Waals surface area contributed by atoms with E-state index in [9.17, 15) is 0 Å². The second-order valence-corrected chi connectivity index (χ2v) is 12.1. The lowest BCUT2D eigenvalue weighted by Crippen LogP contribution is -2.09. The number of hydrogen-bond acceptors (Lipinski definition) is 3. The Kier molecular flexibility index (Phi) is 5.40. The minimum Gasteiger partial charge on any atom is -0.456 e. The zero-order valence-electron chi connectivity index (χ0n) is 23.2. The maximum atomic E-state index is 6.34. The first-order chi connectivity index (χ1) is 21.3. The van der Waals surface area contributed by atoms with Crippen LogP contribution in [0.3, 0.4) is 0 Å². The molecule has 0 radical (unpaired) electrons. The maximum Gasteiger partial charge on any atom is 0.137 e. The molecule has 9 rings (SSSR count). The van der Waals surface area contributed by atoms with Crippen LogP contribution < -0.4 is 4.90 Å². The molecule has 0 N–H and O–H groups in total. The van der Waals surface area contributed by atoms with Gasteiger partial charge in [0.2, 0.25) is 0 Å². The first-order valence-corrected chi connectivity index (χ1v) is 15.3. The fourth-order valence-electron chi connectivity index (χ4n) is 6.35. The maximum absolute atomic E-state index is 6.34. The van der Waals surface area contributed by atoms with E-state index in [4.69, 9.17) is 4.42 Å². The van der Waals surface area contributed by atoms with Gasteiger partial charge in [-0.3, -0.25) is 0 Å². The van der Waals surface area contributed by atoms with E-state index in [0.717, 1.165) is 39.0 Å². The molecule has 0 saturated carbocycles. The molecular formula is C40H25NOS. The van der Waals surface area contributed by atoms with Gasteiger partial charge in [-0.25, -0.2) is 0 Å². The molecule has 2 heterocycles. The molecule has 0 unspecified atom stereocenters. The summed E-state index contributed by atoms with van der Waals surface area (Å²) in [5.74, 6) is 0. The monoisotopic (exact) mass is 567 g/mol. The summed E-state index contributed by atoms with van der Waals surface area (Å²) in [5.41, 5.74) is 7.44. The van der Waals surface area contributed by atoms with Crippen molar-refractivity contribution < 1.29 is 4.42 Å². The fourth-order valence-corrected chi connectivity index (χ4v) is 7.43. The van der Waals surface area contributed by atoms with Crippen molar-refractivity contribution in [3.63, 3.8) is 0 Å². The second kappa shape index (κ2) is 9.59. The third-order valence-electron chi connectivity index (χ3n) is 8.43. The second-order valence-electron chi connectivity index (χ2n) is 11.0. The van der Waals surface area contributed by atoms with E-state index < -0.39 is 0 Å². The van der Waals surface area contributed by atoms with Crippen LogP contribution in [-0.4, -0.2) is 0 Å². The van der Waals surface area contributed by atoms with Crippen LogP contribution >= 0.6 is 11.3 Å². The van der Waals surface area contributed by atoms with Crippen molar-refractivity contribution in [2.75, 3.05) is 4.90 Å². The average Bonchev–Trinajstić information content (AvgIpc) is 3.62. The standard InChI is InChI=1S/C40H25NOS/c1-2-9-27-22-29(17-16-26(27)8-1)28-10-7-11-30(23-28)41(31-19-21-40-36(24-31)35-13-4-6-15-39(35)43-40)32-18-20-34-33-12-3-5-14-37(33)42-38(34)25-32/h1-25H. The summed E-state index contributed by atoms with van der Waals surface area (Å²) in [6.07, 6.45) is 0. The molecule has 0 saturated heterocycles. The third-order valence-corrected chi connectivity index (χ3v) is 9.58. The van der Waals surface area contributed by atoms with Crippen LogP contribution in [0.5, 0.6) is 0 Å². The van der Waals surface area contributed by atoms with Gasteiger partial charge in [-0.05, 0) is 82.6 Å². The molecule has 0 bridgehead atoms. The van der Waals surface area contributed by atoms with Crippen LogP contribution in [0.1, 0.15) is 0 Å². The number of benzene rings is 7. The van der Waals surface area contributed by atoms with E-state index in [1.165, 1.54) is 42.1 Å². The predicted molar refractivity (Wildman–Crippen MR) is 184 cm³/mol. The first kappa shape index (κ1) is 24.2. The molecular weight excluding hydrogens is 543 g/mol. The molecule has 0 aliphatic carbocycles. The molecule has 2 nitrogen and oxygen atoms in total. The number of furan rings is 1. The molecule has 43 heavy (non-hydrogen) atoms. The van der Waals surface area contributed by atoms with Gasteiger partial charge in [0.05, 0.1) is 0 Å². The lowest BCUT2D eigenvalue weighted by atomic mass is 10.0. The third kappa shape index (κ3) is 4.01. The smallest absolute Gasteiger partial charge is 0.137 e. The van der Waals surface area contributed by atoms with E-state index in [0.29, 0.717) is 0 Å². The van der Waals surface area contributed by atoms with E-state index in [1.807, 2.05) is 23.5 Å². The van der Waals surface area contributed by atoms with Gasteiger partial charge in [-0.15, -0.1) is 11.3 Å². The number of nitrogens with zero attached hydrogens (tertiary/aromatic N) is 1. The van der Waals surface area contributed by atoms with Crippen molar-refractivity contribution in [1.29, 1.82) is 0 Å². The zero-order valence-corrected chi connectivity index (χ0v) is 24.0. The van der Waals surface area contributed by atoms with Gasteiger partial charge in [-0.1, -0.05) is 84.9 Å². The highest BCUT2D eigenvalue weighted by atomic mass is 32.1. The average molecular weight is 568 g/mol. The number of hydrogen-bond donors (Lipinski definition) is 0. The SMILES string of the molecule is c1cc(-c2ccc3ccccc3c2)cc(N(c2ccc3c(c2)oc2ccccc23)c2ccc3sc4ccccc4c3c2)c1. The van der Waals surface area contributed by atoms with Gasteiger partial charge in [-0.2, -0.15) is 0 Å².